The lowest BCUT2D eigenvalue weighted by molar-refractivity contribution is -0.385. The number of non-ortho nitro benzene ring substituents is 1. The molecule has 1 N–H and O–H groups in total. The number of nitro groups is 1. The normalized spacial score (nSPS) is 25.4. The summed E-state index contributed by atoms with van der Waals surface area (Å²) in [7, 11) is -2.76. The Morgan fingerprint density at radius 1 is 1.46 bits per heavy atom. The number of carbonyl (C=O) groups is 1. The maximum atomic E-state index is 14.4. The number of halogens is 1. The first-order valence-electron chi connectivity index (χ1n) is 8.30. The van der Waals surface area contributed by atoms with E-state index in [0.717, 1.165) is 22.5 Å². The molecule has 0 aromatic heterocycles. The first-order valence-corrected chi connectivity index (χ1v) is 9.80. The Bertz CT molecular complexity index is 1000. The van der Waals surface area contributed by atoms with Crippen molar-refractivity contribution in [1.29, 1.82) is 0 Å². The van der Waals surface area contributed by atoms with Gasteiger partial charge in [-0.1, -0.05) is 0 Å². The van der Waals surface area contributed by atoms with Gasteiger partial charge in [0.25, 0.3) is 5.69 Å². The summed E-state index contributed by atoms with van der Waals surface area (Å²) in [4.78, 5) is 26.6. The minimum atomic E-state index is -3.97. The molecule has 1 saturated carbocycles. The monoisotopic (exact) mass is 414 g/mol. The zero-order valence-corrected chi connectivity index (χ0v) is 16.4. The number of fused-ring (bicyclic) bond motifs is 1. The number of benzene rings is 1. The SMILES string of the molecule is CN1C(NC(=O)OC(C)(C)C)=NC2(c3cc([N+](=O)[O-])ccc3F)CC2S1(=O)=O. The highest BCUT2D eigenvalue weighted by molar-refractivity contribution is 7.90. The Labute approximate surface area is 160 Å². The molecule has 28 heavy (non-hydrogen) atoms. The fraction of sp³-hybridized carbons (Fsp3) is 0.500. The summed E-state index contributed by atoms with van der Waals surface area (Å²) < 4.78 is 45.8. The number of alkyl carbamates (subject to hydrolysis) is 1. The highest BCUT2D eigenvalue weighted by Crippen LogP contribution is 2.57. The molecular formula is C16H19FN4O6S. The quantitative estimate of drug-likeness (QED) is 0.580. The van der Waals surface area contributed by atoms with Gasteiger partial charge in [-0.2, -0.15) is 0 Å². The van der Waals surface area contributed by atoms with Gasteiger partial charge in [-0.25, -0.2) is 26.9 Å². The van der Waals surface area contributed by atoms with Crippen LogP contribution in [0.1, 0.15) is 32.8 Å². The third-order valence-electron chi connectivity index (χ3n) is 4.45. The Kier molecular flexibility index (Phi) is 4.37. The summed E-state index contributed by atoms with van der Waals surface area (Å²) in [6.45, 7) is 4.89. The molecule has 0 radical (unpaired) electrons. The lowest BCUT2D eigenvalue weighted by atomic mass is 10.0. The summed E-state index contributed by atoms with van der Waals surface area (Å²) >= 11 is 0. The van der Waals surface area contributed by atoms with Crippen LogP contribution in [0.3, 0.4) is 0 Å². The third-order valence-corrected chi connectivity index (χ3v) is 6.67. The van der Waals surface area contributed by atoms with Crippen LogP contribution in [0.25, 0.3) is 0 Å². The van der Waals surface area contributed by atoms with E-state index in [-0.39, 0.29) is 23.6 Å². The molecule has 1 aromatic carbocycles. The number of nitrogens with zero attached hydrogens (tertiary/aromatic N) is 3. The molecule has 2 aliphatic rings. The van der Waals surface area contributed by atoms with E-state index in [2.05, 4.69) is 10.3 Å². The average Bonchev–Trinajstić information content (AvgIpc) is 3.27. The number of hydrogen-bond donors (Lipinski definition) is 1. The molecule has 0 spiro atoms. The Balaban J connectivity index is 2.05. The van der Waals surface area contributed by atoms with E-state index in [1.807, 2.05) is 0 Å². The standard InChI is InChI=1S/C16H19FN4O6S/c1-15(2,3)27-14(22)18-13-19-16(8-12(16)28(25,26)20(13)4)10-7-9(21(23)24)5-6-11(10)17/h5-7,12H,8H2,1-4H3,(H,18,19,22). The molecule has 1 fully saturated rings. The van der Waals surface area contributed by atoms with Crippen molar-refractivity contribution in [1.82, 2.24) is 9.62 Å². The van der Waals surface area contributed by atoms with Crippen molar-refractivity contribution in [2.45, 2.75) is 43.6 Å². The molecule has 1 aliphatic heterocycles. The highest BCUT2D eigenvalue weighted by atomic mass is 32.2. The lowest BCUT2D eigenvalue weighted by Gasteiger charge is -2.29. The number of nitrogens with one attached hydrogen (secondary N) is 1. The summed E-state index contributed by atoms with van der Waals surface area (Å²) in [6.07, 6.45) is -0.987. The summed E-state index contributed by atoms with van der Waals surface area (Å²) in [5, 5.41) is 12.2. The highest BCUT2D eigenvalue weighted by Gasteiger charge is 2.68. The van der Waals surface area contributed by atoms with Gasteiger partial charge in [0.15, 0.2) is 0 Å². The number of amides is 1. The maximum Gasteiger partial charge on any atom is 0.414 e. The van der Waals surface area contributed by atoms with Crippen molar-refractivity contribution < 1.29 is 27.3 Å². The van der Waals surface area contributed by atoms with E-state index in [9.17, 15) is 27.7 Å². The van der Waals surface area contributed by atoms with E-state index in [0.29, 0.717) is 0 Å². The number of hydrogen-bond acceptors (Lipinski definition) is 7. The second-order valence-electron chi connectivity index (χ2n) is 7.61. The maximum absolute atomic E-state index is 14.4. The van der Waals surface area contributed by atoms with Gasteiger partial charge >= 0.3 is 6.09 Å². The smallest absolute Gasteiger partial charge is 0.414 e. The van der Waals surface area contributed by atoms with E-state index in [1.54, 1.807) is 20.8 Å². The van der Waals surface area contributed by atoms with Crippen LogP contribution in [0.5, 0.6) is 0 Å². The van der Waals surface area contributed by atoms with Gasteiger partial charge < -0.3 is 4.74 Å². The van der Waals surface area contributed by atoms with Crippen molar-refractivity contribution in [3.05, 3.63) is 39.7 Å². The number of rotatable bonds is 2. The van der Waals surface area contributed by atoms with Crippen LogP contribution >= 0.6 is 0 Å². The predicted molar refractivity (Wildman–Crippen MR) is 96.6 cm³/mol. The first kappa shape index (κ1) is 20.0. The third kappa shape index (κ3) is 3.28. The van der Waals surface area contributed by atoms with E-state index in [1.165, 1.54) is 7.05 Å². The first-order chi connectivity index (χ1) is 12.8. The van der Waals surface area contributed by atoms with E-state index in [4.69, 9.17) is 4.74 Å². The summed E-state index contributed by atoms with van der Waals surface area (Å²) in [6, 6.07) is 2.86. The minimum Gasteiger partial charge on any atom is -0.444 e. The topological polar surface area (TPSA) is 131 Å². The summed E-state index contributed by atoms with van der Waals surface area (Å²) in [5.41, 5.74) is -2.95. The largest absolute Gasteiger partial charge is 0.444 e. The zero-order valence-electron chi connectivity index (χ0n) is 15.6. The summed E-state index contributed by atoms with van der Waals surface area (Å²) in [5.74, 6) is -1.15. The van der Waals surface area contributed by atoms with Crippen LogP contribution in [0, 0.1) is 15.9 Å². The molecule has 1 aromatic rings. The van der Waals surface area contributed by atoms with E-state index >= 15 is 0 Å². The van der Waals surface area contributed by atoms with Crippen LogP contribution in [-0.4, -0.2) is 47.6 Å². The van der Waals surface area contributed by atoms with Crippen molar-refractivity contribution in [3.63, 3.8) is 0 Å². The molecule has 1 amide bonds. The number of sulfonamides is 1. The molecule has 2 atom stereocenters. The second-order valence-corrected chi connectivity index (χ2v) is 9.76. The van der Waals surface area contributed by atoms with Crippen LogP contribution in [-0.2, 0) is 20.3 Å². The van der Waals surface area contributed by atoms with Gasteiger partial charge in [-0.15, -0.1) is 0 Å². The molecule has 1 aliphatic carbocycles. The molecular weight excluding hydrogens is 395 g/mol. The molecule has 10 nitrogen and oxygen atoms in total. The minimum absolute atomic E-state index is 0.0583. The van der Waals surface area contributed by atoms with Crippen molar-refractivity contribution in [2.24, 2.45) is 4.99 Å². The van der Waals surface area contributed by atoms with Gasteiger partial charge in [0.05, 0.1) is 4.92 Å². The number of carbonyl (C=O) groups excluding carboxylic acids is 1. The number of guanidine groups is 1. The fourth-order valence-corrected chi connectivity index (χ4v) is 4.91. The van der Waals surface area contributed by atoms with Gasteiger partial charge in [0.2, 0.25) is 16.0 Å². The predicted octanol–water partition coefficient (Wildman–Crippen LogP) is 1.86. The number of nitro benzene ring substituents is 1. The average molecular weight is 414 g/mol. The van der Waals surface area contributed by atoms with Crippen molar-refractivity contribution in [2.75, 3.05) is 7.05 Å². The van der Waals surface area contributed by atoms with Crippen LogP contribution in [0.15, 0.2) is 23.2 Å². The molecule has 2 unspecified atom stereocenters. The van der Waals surface area contributed by atoms with Gasteiger partial charge in [-0.05, 0) is 33.3 Å². The Hall–Kier alpha value is -2.76. The van der Waals surface area contributed by atoms with Crippen molar-refractivity contribution in [3.8, 4) is 0 Å². The lowest BCUT2D eigenvalue weighted by Crippen LogP contribution is -2.51. The van der Waals surface area contributed by atoms with Gasteiger partial charge in [-0.3, -0.25) is 15.4 Å². The molecule has 12 heteroatoms. The van der Waals surface area contributed by atoms with Crippen LogP contribution in [0.2, 0.25) is 0 Å². The zero-order chi connectivity index (χ0) is 21.1. The molecule has 152 valence electrons. The number of aliphatic imine (C=N–C) groups is 1. The molecule has 1 heterocycles. The van der Waals surface area contributed by atoms with Crippen LogP contribution < -0.4 is 5.32 Å². The molecule has 0 bridgehead atoms. The molecule has 0 saturated heterocycles. The second kappa shape index (κ2) is 6.12. The Morgan fingerprint density at radius 3 is 2.68 bits per heavy atom. The van der Waals surface area contributed by atoms with Gasteiger partial charge in [0, 0.05) is 24.7 Å². The van der Waals surface area contributed by atoms with Gasteiger partial charge in [0.1, 0.15) is 22.2 Å². The molecule has 3 rings (SSSR count). The van der Waals surface area contributed by atoms with Crippen molar-refractivity contribution >= 4 is 27.8 Å². The van der Waals surface area contributed by atoms with E-state index < -0.39 is 43.2 Å². The number of ether oxygens (including phenoxy) is 1. The van der Waals surface area contributed by atoms with Crippen LogP contribution in [0.4, 0.5) is 14.9 Å². The Morgan fingerprint density at radius 2 is 2.11 bits per heavy atom. The fourth-order valence-electron chi connectivity index (χ4n) is 3.07.